The molecular weight excluding hydrogens is 363 g/mol. The van der Waals surface area contributed by atoms with Crippen LogP contribution in [0.2, 0.25) is 0 Å². The van der Waals surface area contributed by atoms with Crippen molar-refractivity contribution in [2.24, 2.45) is 0 Å². The van der Waals surface area contributed by atoms with Crippen LogP contribution in [0.25, 0.3) is 0 Å². The number of thioether (sulfide) groups is 1. The SMILES string of the molecule is CC(C)NC(=O)NC(=O)CSc1nnc(COc2ccc(F)cc2)n1N. The van der Waals surface area contributed by atoms with E-state index in [9.17, 15) is 14.0 Å². The van der Waals surface area contributed by atoms with Crippen LogP contribution in [0.5, 0.6) is 5.75 Å². The number of carbonyl (C=O) groups is 2. The highest BCUT2D eigenvalue weighted by Crippen LogP contribution is 2.16. The van der Waals surface area contributed by atoms with Crippen LogP contribution >= 0.6 is 11.8 Å². The maximum atomic E-state index is 12.8. The monoisotopic (exact) mass is 382 g/mol. The fourth-order valence-corrected chi connectivity index (χ4v) is 2.45. The van der Waals surface area contributed by atoms with Crippen molar-refractivity contribution in [2.75, 3.05) is 11.6 Å². The van der Waals surface area contributed by atoms with Crippen LogP contribution in [0, 0.1) is 5.82 Å². The summed E-state index contributed by atoms with van der Waals surface area (Å²) in [5, 5.41) is 12.8. The Balaban J connectivity index is 1.83. The predicted molar refractivity (Wildman–Crippen MR) is 93.4 cm³/mol. The first kappa shape index (κ1) is 19.5. The number of benzene rings is 1. The molecule has 1 heterocycles. The van der Waals surface area contributed by atoms with E-state index in [0.717, 1.165) is 11.8 Å². The van der Waals surface area contributed by atoms with Crippen LogP contribution in [0.3, 0.4) is 0 Å². The van der Waals surface area contributed by atoms with Gasteiger partial charge in [0.2, 0.25) is 11.1 Å². The zero-order valence-corrected chi connectivity index (χ0v) is 15.0. The molecule has 0 saturated heterocycles. The molecule has 0 aliphatic carbocycles. The fourth-order valence-electron chi connectivity index (χ4n) is 1.77. The second kappa shape index (κ2) is 9.04. The number of aromatic nitrogens is 3. The van der Waals surface area contributed by atoms with Crippen molar-refractivity contribution in [3.05, 3.63) is 35.9 Å². The first-order valence-electron chi connectivity index (χ1n) is 7.66. The normalized spacial score (nSPS) is 10.6. The Hall–Kier alpha value is -2.82. The van der Waals surface area contributed by atoms with Crippen molar-refractivity contribution >= 4 is 23.7 Å². The lowest BCUT2D eigenvalue weighted by atomic mass is 10.3. The number of hydrogen-bond acceptors (Lipinski definition) is 7. The van der Waals surface area contributed by atoms with Crippen molar-refractivity contribution in [1.82, 2.24) is 25.5 Å². The summed E-state index contributed by atoms with van der Waals surface area (Å²) in [6, 6.07) is 4.87. The van der Waals surface area contributed by atoms with Gasteiger partial charge >= 0.3 is 6.03 Å². The molecule has 0 aliphatic rings. The van der Waals surface area contributed by atoms with E-state index in [0.29, 0.717) is 16.7 Å². The van der Waals surface area contributed by atoms with Gasteiger partial charge in [-0.05, 0) is 38.1 Å². The Morgan fingerprint density at radius 1 is 1.31 bits per heavy atom. The molecule has 140 valence electrons. The van der Waals surface area contributed by atoms with Gasteiger partial charge in [0.15, 0.2) is 5.82 Å². The lowest BCUT2D eigenvalue weighted by Crippen LogP contribution is -2.43. The van der Waals surface area contributed by atoms with Crippen LogP contribution in [0.15, 0.2) is 29.4 Å². The predicted octanol–water partition coefficient (Wildman–Crippen LogP) is 1.04. The summed E-state index contributed by atoms with van der Waals surface area (Å²) < 4.78 is 19.5. The minimum absolute atomic E-state index is 0.0265. The van der Waals surface area contributed by atoms with Crippen LogP contribution in [0.4, 0.5) is 9.18 Å². The molecule has 0 spiro atoms. The largest absolute Gasteiger partial charge is 0.486 e. The van der Waals surface area contributed by atoms with Crippen molar-refractivity contribution in [2.45, 2.75) is 31.7 Å². The molecule has 0 unspecified atom stereocenters. The van der Waals surface area contributed by atoms with Crippen molar-refractivity contribution in [3.8, 4) is 5.75 Å². The number of ether oxygens (including phenoxy) is 1. The van der Waals surface area contributed by atoms with Crippen LogP contribution < -0.4 is 21.2 Å². The molecule has 0 saturated carbocycles. The minimum atomic E-state index is -0.562. The number of nitrogens with zero attached hydrogens (tertiary/aromatic N) is 3. The number of imide groups is 1. The second-order valence-electron chi connectivity index (χ2n) is 5.48. The molecule has 0 radical (unpaired) electrons. The smallest absolute Gasteiger partial charge is 0.321 e. The first-order valence-corrected chi connectivity index (χ1v) is 8.64. The van der Waals surface area contributed by atoms with Gasteiger partial charge in [-0.1, -0.05) is 11.8 Å². The van der Waals surface area contributed by atoms with E-state index >= 15 is 0 Å². The molecule has 26 heavy (non-hydrogen) atoms. The Morgan fingerprint density at radius 3 is 2.65 bits per heavy atom. The number of halogens is 1. The fraction of sp³-hybridized carbons (Fsp3) is 0.333. The molecule has 9 nitrogen and oxygen atoms in total. The van der Waals surface area contributed by atoms with Gasteiger partial charge in [-0.15, -0.1) is 10.2 Å². The molecule has 11 heteroatoms. The van der Waals surface area contributed by atoms with Crippen molar-refractivity contribution < 1.29 is 18.7 Å². The highest BCUT2D eigenvalue weighted by molar-refractivity contribution is 7.99. The first-order chi connectivity index (χ1) is 12.3. The van der Waals surface area contributed by atoms with E-state index < -0.39 is 11.9 Å². The number of rotatable bonds is 7. The number of urea groups is 1. The van der Waals surface area contributed by atoms with E-state index in [4.69, 9.17) is 10.6 Å². The molecule has 0 aliphatic heterocycles. The quantitative estimate of drug-likeness (QED) is 0.483. The lowest BCUT2D eigenvalue weighted by Gasteiger charge is -2.09. The van der Waals surface area contributed by atoms with E-state index in [1.165, 1.54) is 28.9 Å². The van der Waals surface area contributed by atoms with Crippen molar-refractivity contribution in [3.63, 3.8) is 0 Å². The molecule has 0 fully saturated rings. The number of nitrogens with one attached hydrogen (secondary N) is 2. The molecule has 1 aromatic carbocycles. The maximum Gasteiger partial charge on any atom is 0.321 e. The van der Waals surface area contributed by atoms with Crippen LogP contribution in [-0.2, 0) is 11.4 Å². The molecule has 2 aromatic rings. The Morgan fingerprint density at radius 2 is 2.00 bits per heavy atom. The second-order valence-corrected chi connectivity index (χ2v) is 6.42. The highest BCUT2D eigenvalue weighted by Gasteiger charge is 2.14. The summed E-state index contributed by atoms with van der Waals surface area (Å²) >= 11 is 1.03. The number of nitrogen functional groups attached to an aromatic ring is 1. The van der Waals surface area contributed by atoms with Gasteiger partial charge in [0.05, 0.1) is 5.75 Å². The van der Waals surface area contributed by atoms with Gasteiger partial charge in [0.25, 0.3) is 0 Å². The summed E-state index contributed by atoms with van der Waals surface area (Å²) in [7, 11) is 0. The van der Waals surface area contributed by atoms with Gasteiger partial charge in [0, 0.05) is 6.04 Å². The molecular formula is C15H19FN6O3S. The highest BCUT2D eigenvalue weighted by atomic mass is 32.2. The van der Waals surface area contributed by atoms with E-state index in [-0.39, 0.29) is 24.2 Å². The van der Waals surface area contributed by atoms with Gasteiger partial charge in [-0.2, -0.15) is 0 Å². The zero-order chi connectivity index (χ0) is 19.1. The van der Waals surface area contributed by atoms with E-state index in [2.05, 4.69) is 20.8 Å². The molecule has 4 N–H and O–H groups in total. The average Bonchev–Trinajstić information content (AvgIpc) is 2.92. The molecule has 0 atom stereocenters. The molecule has 3 amide bonds. The number of amides is 3. The molecule has 1 aromatic heterocycles. The Bertz CT molecular complexity index is 765. The third-order valence-electron chi connectivity index (χ3n) is 2.92. The Kier molecular flexibility index (Phi) is 6.78. The van der Waals surface area contributed by atoms with E-state index in [1.54, 1.807) is 13.8 Å². The van der Waals surface area contributed by atoms with Gasteiger partial charge in [0.1, 0.15) is 18.2 Å². The van der Waals surface area contributed by atoms with Gasteiger partial charge < -0.3 is 15.9 Å². The van der Waals surface area contributed by atoms with Crippen LogP contribution in [0.1, 0.15) is 19.7 Å². The average molecular weight is 382 g/mol. The topological polar surface area (TPSA) is 124 Å². The Labute approximate surface area is 153 Å². The lowest BCUT2D eigenvalue weighted by molar-refractivity contribution is -0.117. The third-order valence-corrected chi connectivity index (χ3v) is 3.86. The summed E-state index contributed by atoms with van der Waals surface area (Å²) in [6.45, 7) is 3.59. The van der Waals surface area contributed by atoms with Gasteiger partial charge in [-0.25, -0.2) is 13.9 Å². The van der Waals surface area contributed by atoms with Gasteiger partial charge in [-0.3, -0.25) is 10.1 Å². The minimum Gasteiger partial charge on any atom is -0.486 e. The number of carbonyl (C=O) groups excluding carboxylic acids is 2. The summed E-state index contributed by atoms with van der Waals surface area (Å²) in [6.07, 6.45) is 0. The van der Waals surface area contributed by atoms with Crippen molar-refractivity contribution in [1.29, 1.82) is 0 Å². The summed E-state index contributed by atoms with van der Waals surface area (Å²) in [5.41, 5.74) is 0. The summed E-state index contributed by atoms with van der Waals surface area (Å²) in [4.78, 5) is 23.2. The number of nitrogens with two attached hydrogens (primary N) is 1. The number of hydrogen-bond donors (Lipinski definition) is 3. The van der Waals surface area contributed by atoms with E-state index in [1.807, 2.05) is 0 Å². The van der Waals surface area contributed by atoms with Crippen LogP contribution in [-0.4, -0.2) is 38.6 Å². The molecule has 2 rings (SSSR count). The molecule has 0 bridgehead atoms. The standard InChI is InChI=1S/C15H19FN6O3S/c1-9(2)18-14(24)19-13(23)8-26-15-21-20-12(22(15)17)7-25-11-5-3-10(16)4-6-11/h3-6,9H,7-8,17H2,1-2H3,(H2,18,19,23,24). The maximum absolute atomic E-state index is 12.8. The zero-order valence-electron chi connectivity index (χ0n) is 14.2. The third kappa shape index (κ3) is 5.92. The summed E-state index contributed by atoms with van der Waals surface area (Å²) in [5.74, 6) is 5.75.